The molecule has 1 amide bonds. The number of guanidine groups is 1. The van der Waals surface area contributed by atoms with Crippen LogP contribution in [-0.4, -0.2) is 65.0 Å². The van der Waals surface area contributed by atoms with Gasteiger partial charge in [0.25, 0.3) is 0 Å². The molecular formula is C18H27N5O3S. The lowest BCUT2D eigenvalue weighted by Crippen LogP contribution is -2.52. The molecule has 0 radical (unpaired) electrons. The van der Waals surface area contributed by atoms with E-state index in [0.29, 0.717) is 13.0 Å². The van der Waals surface area contributed by atoms with Gasteiger partial charge in [0.15, 0.2) is 5.96 Å². The zero-order valence-corrected chi connectivity index (χ0v) is 16.4. The minimum atomic E-state index is -3.50. The Morgan fingerprint density at radius 2 is 2.07 bits per heavy atom. The second kappa shape index (κ2) is 8.26. The lowest BCUT2D eigenvalue weighted by Gasteiger charge is -2.40. The molecule has 8 nitrogen and oxygen atoms in total. The van der Waals surface area contributed by atoms with Gasteiger partial charge in [-0.2, -0.15) is 0 Å². The summed E-state index contributed by atoms with van der Waals surface area (Å²) >= 11 is 0. The highest BCUT2D eigenvalue weighted by molar-refractivity contribution is 7.89. The zero-order valence-electron chi connectivity index (χ0n) is 15.6. The van der Waals surface area contributed by atoms with Crippen molar-refractivity contribution < 1.29 is 13.2 Å². The molecule has 1 aromatic carbocycles. The van der Waals surface area contributed by atoms with Crippen LogP contribution in [0, 0.1) is 5.41 Å². The van der Waals surface area contributed by atoms with Crippen molar-refractivity contribution in [2.75, 3.05) is 39.8 Å². The molecule has 0 aromatic heterocycles. The summed E-state index contributed by atoms with van der Waals surface area (Å²) in [5.74, 6) is 0.863. The lowest BCUT2D eigenvalue weighted by atomic mass is 9.79. The number of nitrogens with zero attached hydrogens (tertiary/aromatic N) is 2. The third-order valence-electron chi connectivity index (χ3n) is 5.12. The largest absolute Gasteiger partial charge is 0.355 e. The van der Waals surface area contributed by atoms with Crippen LogP contribution in [0.4, 0.5) is 0 Å². The second-order valence-electron chi connectivity index (χ2n) is 7.16. The Hall–Kier alpha value is -2.13. The number of rotatable bonds is 5. The third-order valence-corrected chi connectivity index (χ3v) is 6.60. The average Bonchev–Trinajstić information content (AvgIpc) is 3.02. The van der Waals surface area contributed by atoms with E-state index in [1.807, 2.05) is 0 Å². The number of benzene rings is 1. The molecule has 148 valence electrons. The highest BCUT2D eigenvalue weighted by atomic mass is 32.2. The molecule has 2 saturated heterocycles. The topological polar surface area (TPSA) is 103 Å². The van der Waals surface area contributed by atoms with E-state index in [2.05, 4.69) is 25.2 Å². The number of hydrogen-bond donors (Lipinski definition) is 3. The maximum Gasteiger partial charge on any atom is 0.240 e. The Balaban J connectivity index is 1.50. The molecule has 9 heteroatoms. The second-order valence-corrected chi connectivity index (χ2v) is 8.93. The zero-order chi connectivity index (χ0) is 19.3. The Morgan fingerprint density at radius 3 is 2.74 bits per heavy atom. The van der Waals surface area contributed by atoms with Crippen LogP contribution in [0.15, 0.2) is 40.2 Å². The molecule has 2 heterocycles. The minimum absolute atomic E-state index is 0.0121. The molecule has 3 N–H and O–H groups in total. The number of likely N-dealkylation sites (tertiary alicyclic amines) is 1. The Kier molecular flexibility index (Phi) is 6.01. The van der Waals surface area contributed by atoms with E-state index in [1.165, 1.54) is 0 Å². The predicted octanol–water partition coefficient (Wildman–Crippen LogP) is 0.142. The number of carbonyl (C=O) groups excluding carboxylic acids is 1. The molecule has 3 rings (SSSR count). The number of nitrogens with one attached hydrogen (secondary N) is 3. The van der Waals surface area contributed by atoms with Crippen LogP contribution < -0.4 is 15.4 Å². The summed E-state index contributed by atoms with van der Waals surface area (Å²) in [5.41, 5.74) is -0.0121. The fraction of sp³-hybridized carbons (Fsp3) is 0.556. The van der Waals surface area contributed by atoms with Gasteiger partial charge in [-0.3, -0.25) is 9.79 Å². The summed E-state index contributed by atoms with van der Waals surface area (Å²) in [6, 6.07) is 8.31. The smallest absolute Gasteiger partial charge is 0.240 e. The molecule has 27 heavy (non-hydrogen) atoms. The fourth-order valence-electron chi connectivity index (χ4n) is 3.80. The van der Waals surface area contributed by atoms with Crippen LogP contribution >= 0.6 is 0 Å². The first-order valence-corrected chi connectivity index (χ1v) is 10.7. The van der Waals surface area contributed by atoms with Gasteiger partial charge in [-0.25, -0.2) is 13.1 Å². The summed E-state index contributed by atoms with van der Waals surface area (Å²) in [4.78, 5) is 18.4. The van der Waals surface area contributed by atoms with Gasteiger partial charge in [-0.15, -0.1) is 0 Å². The van der Waals surface area contributed by atoms with Crippen molar-refractivity contribution in [3.63, 3.8) is 0 Å². The van der Waals surface area contributed by atoms with Gasteiger partial charge < -0.3 is 15.5 Å². The van der Waals surface area contributed by atoms with Crippen LogP contribution in [0.5, 0.6) is 0 Å². The minimum Gasteiger partial charge on any atom is -0.355 e. The molecule has 0 saturated carbocycles. The Bertz CT molecular complexity index is 796. The van der Waals surface area contributed by atoms with Crippen molar-refractivity contribution in [1.82, 2.24) is 20.3 Å². The maximum atomic E-state index is 12.2. The Morgan fingerprint density at radius 1 is 1.30 bits per heavy atom. The molecule has 2 fully saturated rings. The Labute approximate surface area is 160 Å². The van der Waals surface area contributed by atoms with Gasteiger partial charge in [-0.1, -0.05) is 18.2 Å². The van der Waals surface area contributed by atoms with Crippen molar-refractivity contribution in [3.05, 3.63) is 30.3 Å². The molecular weight excluding hydrogens is 366 g/mol. The normalized spacial score (nSPS) is 23.5. The van der Waals surface area contributed by atoms with E-state index in [4.69, 9.17) is 0 Å². The van der Waals surface area contributed by atoms with Crippen molar-refractivity contribution in [2.24, 2.45) is 10.4 Å². The monoisotopic (exact) mass is 393 g/mol. The molecule has 1 unspecified atom stereocenters. The fourth-order valence-corrected chi connectivity index (χ4v) is 4.86. The lowest BCUT2D eigenvalue weighted by molar-refractivity contribution is -0.119. The molecule has 0 bridgehead atoms. The molecule has 2 aliphatic heterocycles. The molecule has 1 aromatic rings. The van der Waals surface area contributed by atoms with E-state index in [9.17, 15) is 13.2 Å². The van der Waals surface area contributed by atoms with Gasteiger partial charge in [-0.05, 0) is 25.0 Å². The maximum absolute atomic E-state index is 12.2. The SMILES string of the molecule is CN=C(NCCNS(=O)(=O)c1ccccc1)N1CCCC2(CNC(=O)C2)C1. The van der Waals surface area contributed by atoms with E-state index >= 15 is 0 Å². The third kappa shape index (κ3) is 4.78. The number of aliphatic imine (C=N–C) groups is 1. The first kappa shape index (κ1) is 19.6. The van der Waals surface area contributed by atoms with Crippen molar-refractivity contribution >= 4 is 21.9 Å². The summed E-state index contributed by atoms with van der Waals surface area (Å²) in [5, 5.41) is 6.16. The van der Waals surface area contributed by atoms with Crippen LogP contribution in [0.1, 0.15) is 19.3 Å². The number of sulfonamides is 1. The van der Waals surface area contributed by atoms with Gasteiger partial charge in [0, 0.05) is 51.6 Å². The van der Waals surface area contributed by atoms with Crippen molar-refractivity contribution in [3.8, 4) is 0 Å². The van der Waals surface area contributed by atoms with E-state index in [0.717, 1.165) is 38.4 Å². The highest BCUT2D eigenvalue weighted by Gasteiger charge is 2.42. The summed E-state index contributed by atoms with van der Waals surface area (Å²) < 4.78 is 27.1. The number of carbonyl (C=O) groups is 1. The standard InChI is InChI=1S/C18H27N5O3S/c1-19-17(23-11-5-8-18(14-23)12-16(24)21-13-18)20-9-10-22-27(25,26)15-6-3-2-4-7-15/h2-4,6-7,22H,5,8-14H2,1H3,(H,19,20)(H,21,24). The summed E-state index contributed by atoms with van der Waals surface area (Å²) in [6.07, 6.45) is 2.61. The quantitative estimate of drug-likeness (QED) is 0.375. The summed E-state index contributed by atoms with van der Waals surface area (Å²) in [6.45, 7) is 3.07. The van der Waals surface area contributed by atoms with E-state index in [-0.39, 0.29) is 22.8 Å². The molecule has 2 aliphatic rings. The molecule has 1 spiro atoms. The van der Waals surface area contributed by atoms with Crippen LogP contribution in [0.3, 0.4) is 0 Å². The first-order valence-electron chi connectivity index (χ1n) is 9.21. The van der Waals surface area contributed by atoms with Crippen LogP contribution in [0.2, 0.25) is 0 Å². The average molecular weight is 394 g/mol. The van der Waals surface area contributed by atoms with Gasteiger partial charge in [0.2, 0.25) is 15.9 Å². The first-order chi connectivity index (χ1) is 12.9. The van der Waals surface area contributed by atoms with Crippen LogP contribution in [0.25, 0.3) is 0 Å². The highest BCUT2D eigenvalue weighted by Crippen LogP contribution is 2.35. The van der Waals surface area contributed by atoms with Crippen LogP contribution in [-0.2, 0) is 14.8 Å². The molecule has 0 aliphatic carbocycles. The number of piperidine rings is 1. The molecule has 1 atom stereocenters. The predicted molar refractivity (Wildman–Crippen MR) is 104 cm³/mol. The van der Waals surface area contributed by atoms with Gasteiger partial charge in [0.05, 0.1) is 4.90 Å². The van der Waals surface area contributed by atoms with Crippen molar-refractivity contribution in [2.45, 2.75) is 24.2 Å². The van der Waals surface area contributed by atoms with Gasteiger partial charge in [0.1, 0.15) is 0 Å². The van der Waals surface area contributed by atoms with Crippen molar-refractivity contribution in [1.29, 1.82) is 0 Å². The van der Waals surface area contributed by atoms with E-state index in [1.54, 1.807) is 37.4 Å². The van der Waals surface area contributed by atoms with E-state index < -0.39 is 10.0 Å². The number of hydrogen-bond acceptors (Lipinski definition) is 4. The number of amides is 1. The summed E-state index contributed by atoms with van der Waals surface area (Å²) in [7, 11) is -1.79. The van der Waals surface area contributed by atoms with Gasteiger partial charge >= 0.3 is 0 Å².